The number of methoxy groups -OCH3 is 1. The maximum Gasteiger partial charge on any atom is 0.251 e. The molecule has 1 heterocycles. The van der Waals surface area contributed by atoms with Crippen LogP contribution in [0.4, 0.5) is 0 Å². The van der Waals surface area contributed by atoms with E-state index in [2.05, 4.69) is 5.32 Å². The summed E-state index contributed by atoms with van der Waals surface area (Å²) in [5.74, 6) is 1.32. The third-order valence-corrected chi connectivity index (χ3v) is 3.87. The van der Waals surface area contributed by atoms with Crippen molar-refractivity contribution in [3.8, 4) is 5.75 Å². The normalized spacial score (nSPS) is 10.5. The van der Waals surface area contributed by atoms with E-state index in [9.17, 15) is 4.79 Å². The molecule has 0 fully saturated rings. The third-order valence-electron chi connectivity index (χ3n) is 3.87. The number of nitrogens with one attached hydrogen (secondary N) is 1. The summed E-state index contributed by atoms with van der Waals surface area (Å²) in [4.78, 5) is 12.3. The second-order valence-corrected chi connectivity index (χ2v) is 5.81. The quantitative estimate of drug-likeness (QED) is 0.668. The van der Waals surface area contributed by atoms with Crippen molar-refractivity contribution in [3.63, 3.8) is 0 Å². The highest BCUT2D eigenvalue weighted by molar-refractivity contribution is 5.94. The summed E-state index contributed by atoms with van der Waals surface area (Å²) in [5, 5.41) is 2.92. The van der Waals surface area contributed by atoms with Crippen LogP contribution < -0.4 is 10.1 Å². The molecule has 1 N–H and O–H groups in total. The first kappa shape index (κ1) is 17.8. The van der Waals surface area contributed by atoms with Crippen LogP contribution in [0.15, 0.2) is 71.3 Å². The summed E-state index contributed by atoms with van der Waals surface area (Å²) in [7, 11) is 1.58. The van der Waals surface area contributed by atoms with E-state index in [4.69, 9.17) is 13.9 Å². The number of ether oxygens (including phenoxy) is 2. The molecule has 0 aliphatic heterocycles. The van der Waals surface area contributed by atoms with Crippen LogP contribution in [-0.4, -0.2) is 13.0 Å². The molecule has 1 aromatic heterocycles. The van der Waals surface area contributed by atoms with Gasteiger partial charge in [0.1, 0.15) is 18.1 Å². The van der Waals surface area contributed by atoms with Crippen molar-refractivity contribution in [2.24, 2.45) is 0 Å². The first-order chi connectivity index (χ1) is 12.7. The molecule has 5 nitrogen and oxygen atoms in total. The van der Waals surface area contributed by atoms with E-state index in [-0.39, 0.29) is 5.91 Å². The van der Waals surface area contributed by atoms with Gasteiger partial charge in [0, 0.05) is 12.1 Å². The Morgan fingerprint density at radius 1 is 1.00 bits per heavy atom. The Kier molecular flexibility index (Phi) is 6.06. The van der Waals surface area contributed by atoms with Gasteiger partial charge in [0.2, 0.25) is 0 Å². The van der Waals surface area contributed by atoms with Gasteiger partial charge in [0.15, 0.2) is 0 Å². The average molecular weight is 351 g/mol. The van der Waals surface area contributed by atoms with Crippen molar-refractivity contribution in [1.82, 2.24) is 5.32 Å². The Bertz CT molecular complexity index is 843. The highest BCUT2D eigenvalue weighted by Crippen LogP contribution is 2.13. The maximum atomic E-state index is 12.3. The molecule has 2 aromatic carbocycles. The Morgan fingerprint density at radius 3 is 2.65 bits per heavy atom. The minimum absolute atomic E-state index is 0.136. The van der Waals surface area contributed by atoms with Crippen molar-refractivity contribution in [2.45, 2.75) is 19.8 Å². The van der Waals surface area contributed by atoms with Crippen LogP contribution in [0.3, 0.4) is 0 Å². The molecule has 0 bridgehead atoms. The van der Waals surface area contributed by atoms with Crippen LogP contribution in [-0.2, 0) is 24.5 Å². The van der Waals surface area contributed by atoms with E-state index in [0.29, 0.717) is 31.1 Å². The highest BCUT2D eigenvalue weighted by Gasteiger charge is 2.07. The lowest BCUT2D eigenvalue weighted by Gasteiger charge is -2.09. The molecule has 0 atom stereocenters. The van der Waals surface area contributed by atoms with Crippen LogP contribution >= 0.6 is 0 Å². The van der Waals surface area contributed by atoms with Gasteiger partial charge in [-0.05, 0) is 41.5 Å². The summed E-state index contributed by atoms with van der Waals surface area (Å²) >= 11 is 0. The van der Waals surface area contributed by atoms with Crippen molar-refractivity contribution in [2.75, 3.05) is 7.11 Å². The lowest BCUT2D eigenvalue weighted by atomic mass is 10.1. The van der Waals surface area contributed by atoms with Crippen LogP contribution in [0.25, 0.3) is 0 Å². The largest absolute Gasteiger partial charge is 0.497 e. The fourth-order valence-corrected chi connectivity index (χ4v) is 2.54. The van der Waals surface area contributed by atoms with Gasteiger partial charge < -0.3 is 19.2 Å². The van der Waals surface area contributed by atoms with Gasteiger partial charge in [-0.3, -0.25) is 4.79 Å². The number of carbonyl (C=O) groups is 1. The molecular formula is C21H21NO4. The van der Waals surface area contributed by atoms with Gasteiger partial charge in [-0.1, -0.05) is 30.3 Å². The molecular weight excluding hydrogens is 330 g/mol. The van der Waals surface area contributed by atoms with Crippen molar-refractivity contribution in [1.29, 1.82) is 0 Å². The number of hydrogen-bond donors (Lipinski definition) is 1. The molecule has 0 spiro atoms. The predicted molar refractivity (Wildman–Crippen MR) is 97.8 cm³/mol. The molecule has 3 aromatic rings. The summed E-state index contributed by atoms with van der Waals surface area (Å²) in [5.41, 5.74) is 2.63. The zero-order valence-electron chi connectivity index (χ0n) is 14.6. The highest BCUT2D eigenvalue weighted by atomic mass is 16.5. The van der Waals surface area contributed by atoms with Gasteiger partial charge in [-0.25, -0.2) is 0 Å². The molecule has 0 saturated carbocycles. The third kappa shape index (κ3) is 4.97. The summed E-state index contributed by atoms with van der Waals surface area (Å²) in [6.07, 6.45) is 1.63. The van der Waals surface area contributed by atoms with Gasteiger partial charge in [0.05, 0.1) is 20.0 Å². The molecule has 3 rings (SSSR count). The topological polar surface area (TPSA) is 60.7 Å². The van der Waals surface area contributed by atoms with Crippen molar-refractivity contribution >= 4 is 5.91 Å². The van der Waals surface area contributed by atoms with Gasteiger partial charge in [-0.15, -0.1) is 0 Å². The molecule has 0 unspecified atom stereocenters. The Balaban J connectivity index is 1.52. The zero-order chi connectivity index (χ0) is 18.2. The monoisotopic (exact) mass is 351 g/mol. The average Bonchev–Trinajstić information content (AvgIpc) is 3.20. The number of carbonyl (C=O) groups excluding carboxylic acids is 1. The van der Waals surface area contributed by atoms with E-state index >= 15 is 0 Å². The minimum atomic E-state index is -0.136. The number of rotatable bonds is 8. The molecule has 134 valence electrons. The van der Waals surface area contributed by atoms with Crippen molar-refractivity contribution < 1.29 is 18.7 Å². The second-order valence-electron chi connectivity index (χ2n) is 5.81. The number of amides is 1. The molecule has 5 heteroatoms. The van der Waals surface area contributed by atoms with Gasteiger partial charge in [0.25, 0.3) is 5.91 Å². The van der Waals surface area contributed by atoms with Crippen molar-refractivity contribution in [3.05, 3.63) is 89.4 Å². The first-order valence-corrected chi connectivity index (χ1v) is 8.35. The van der Waals surface area contributed by atoms with E-state index in [1.54, 1.807) is 31.6 Å². The van der Waals surface area contributed by atoms with E-state index in [1.807, 2.05) is 42.5 Å². The summed E-state index contributed by atoms with van der Waals surface area (Å²) < 4.78 is 16.0. The van der Waals surface area contributed by atoms with E-state index in [1.165, 1.54) is 0 Å². The maximum absolute atomic E-state index is 12.3. The molecule has 26 heavy (non-hydrogen) atoms. The fourth-order valence-electron chi connectivity index (χ4n) is 2.54. The van der Waals surface area contributed by atoms with Crippen LogP contribution in [0.5, 0.6) is 5.75 Å². The molecule has 0 radical (unpaired) electrons. The minimum Gasteiger partial charge on any atom is -0.497 e. The summed E-state index contributed by atoms with van der Waals surface area (Å²) in [6.45, 7) is 1.37. The lowest BCUT2D eigenvalue weighted by molar-refractivity contribution is 0.0928. The molecule has 0 aliphatic carbocycles. The fraction of sp³-hybridized carbons (Fsp3) is 0.190. The molecule has 1 amide bonds. The number of hydrogen-bond acceptors (Lipinski definition) is 4. The van der Waals surface area contributed by atoms with Gasteiger partial charge >= 0.3 is 0 Å². The smallest absolute Gasteiger partial charge is 0.251 e. The second kappa shape index (κ2) is 8.87. The number of furan rings is 1. The molecule has 0 aliphatic rings. The Labute approximate surface area is 152 Å². The van der Waals surface area contributed by atoms with Gasteiger partial charge in [-0.2, -0.15) is 0 Å². The zero-order valence-corrected chi connectivity index (χ0v) is 14.6. The Hall–Kier alpha value is -3.05. The van der Waals surface area contributed by atoms with E-state index < -0.39 is 0 Å². The van der Waals surface area contributed by atoms with E-state index in [0.717, 1.165) is 16.9 Å². The Morgan fingerprint density at radius 2 is 1.85 bits per heavy atom. The van der Waals surface area contributed by atoms with Crippen LogP contribution in [0.2, 0.25) is 0 Å². The lowest BCUT2D eigenvalue weighted by Crippen LogP contribution is -2.22. The SMILES string of the molecule is COc1cccc(C(=O)NCc2cccc(COCc3ccco3)c2)c1. The standard InChI is InChI=1S/C21H21NO4/c1-24-19-8-3-7-18(12-19)21(23)22-13-16-5-2-6-17(11-16)14-25-15-20-9-4-10-26-20/h2-12H,13-15H2,1H3,(H,22,23). The molecule has 0 saturated heterocycles. The van der Waals surface area contributed by atoms with Crippen LogP contribution in [0.1, 0.15) is 27.2 Å². The first-order valence-electron chi connectivity index (χ1n) is 8.35. The predicted octanol–water partition coefficient (Wildman–Crippen LogP) is 3.94. The summed E-state index contributed by atoms with van der Waals surface area (Å²) in [6, 6.07) is 18.7. The van der Waals surface area contributed by atoms with Crippen LogP contribution in [0, 0.1) is 0 Å². The number of benzene rings is 2.